The smallest absolute Gasteiger partial charge is 0.242 e. The molecule has 0 saturated carbocycles. The molecule has 8 aromatic carbocycles. The van der Waals surface area contributed by atoms with Gasteiger partial charge in [0.2, 0.25) is 23.5 Å². The fourth-order valence-electron chi connectivity index (χ4n) is 9.71. The van der Waals surface area contributed by atoms with Crippen molar-refractivity contribution in [3.8, 4) is 23.3 Å². The highest BCUT2D eigenvalue weighted by Crippen LogP contribution is 2.32. The van der Waals surface area contributed by atoms with Crippen molar-refractivity contribution in [2.75, 3.05) is 0 Å². The van der Waals surface area contributed by atoms with E-state index in [0.717, 1.165) is 49.7 Å². The fraction of sp³-hybridized carbons (Fsp3) is 0. The van der Waals surface area contributed by atoms with Crippen LogP contribution in [0.25, 0.3) is 79.0 Å². The van der Waals surface area contributed by atoms with Gasteiger partial charge in [-0.15, -0.1) is 0 Å². The van der Waals surface area contributed by atoms with Crippen LogP contribution in [0.1, 0.15) is 0 Å². The minimum absolute atomic E-state index is 0.453. The maximum Gasteiger partial charge on any atom is 0.242 e. The van der Waals surface area contributed by atoms with Crippen LogP contribution in [0.5, 0.6) is 0 Å². The quantitative estimate of drug-likeness (QED) is 0.119. The van der Waals surface area contributed by atoms with Crippen molar-refractivity contribution in [3.05, 3.63) is 212 Å². The Bertz CT molecular complexity index is 3590. The van der Waals surface area contributed by atoms with Crippen molar-refractivity contribution < 1.29 is 0 Å². The van der Waals surface area contributed by atoms with Gasteiger partial charge in [0, 0.05) is 5.56 Å². The highest BCUT2D eigenvalue weighted by atomic mass is 28.3. The number of imidazole rings is 4. The number of nitrogens with zero attached hydrogens (tertiary/aromatic N) is 9. The molecule has 13 aromatic rings. The summed E-state index contributed by atoms with van der Waals surface area (Å²) in [5.41, 5.74) is 8.55. The minimum atomic E-state index is -2.77. The first-order valence-corrected chi connectivity index (χ1v) is 23.0. The summed E-state index contributed by atoms with van der Waals surface area (Å²) in [6.07, 6.45) is 0. The van der Waals surface area contributed by atoms with Gasteiger partial charge in [0.15, 0.2) is 13.9 Å². The van der Waals surface area contributed by atoms with Gasteiger partial charge in [-0.05, 0) is 69.3 Å². The summed E-state index contributed by atoms with van der Waals surface area (Å²) in [5.74, 6) is 2.87. The van der Waals surface area contributed by atoms with Crippen molar-refractivity contribution in [1.29, 1.82) is 0 Å². The molecule has 0 aliphatic rings. The summed E-state index contributed by atoms with van der Waals surface area (Å²) < 4.78 is 8.49. The molecule has 9 nitrogen and oxygen atoms in total. The number of hydrogen-bond acceptors (Lipinski definition) is 5. The molecular formula is C53H35N9Si. The van der Waals surface area contributed by atoms with E-state index < -0.39 is 8.07 Å². The highest BCUT2D eigenvalue weighted by Gasteiger charge is 2.41. The van der Waals surface area contributed by atoms with Crippen LogP contribution in [0.15, 0.2) is 212 Å². The Kier molecular flexibility index (Phi) is 7.72. The van der Waals surface area contributed by atoms with Crippen LogP contribution in [0.3, 0.4) is 0 Å². The molecule has 13 rings (SSSR count). The van der Waals surface area contributed by atoms with Crippen LogP contribution in [0.2, 0.25) is 0 Å². The molecule has 0 fully saturated rings. The van der Waals surface area contributed by atoms with Crippen LogP contribution in [0.4, 0.5) is 0 Å². The number of para-hydroxylation sites is 8. The average molecular weight is 826 g/mol. The Balaban J connectivity index is 1.09. The molecule has 10 heteroatoms. The second-order valence-corrected chi connectivity index (χ2v) is 19.6. The average Bonchev–Trinajstić information content (AvgIpc) is 4.09. The first-order valence-electron chi connectivity index (χ1n) is 21.0. The molecule has 0 spiro atoms. The topological polar surface area (TPSA) is 83.1 Å². The fourth-order valence-corrected chi connectivity index (χ4v) is 14.5. The molecule has 296 valence electrons. The molecule has 5 heterocycles. The monoisotopic (exact) mass is 825 g/mol. The highest BCUT2D eigenvalue weighted by molar-refractivity contribution is 7.19. The number of rotatable bonds is 7. The molecular weight excluding hydrogens is 791 g/mol. The zero-order valence-corrected chi connectivity index (χ0v) is 34.7. The van der Waals surface area contributed by atoms with Crippen LogP contribution in [-0.4, -0.2) is 50.9 Å². The summed E-state index contributed by atoms with van der Waals surface area (Å²) in [5, 5.41) is 5.19. The Hall–Kier alpha value is -8.47. The van der Waals surface area contributed by atoms with Gasteiger partial charge < -0.3 is 0 Å². The van der Waals surface area contributed by atoms with Gasteiger partial charge in [-0.2, -0.15) is 15.0 Å². The molecule has 0 aliphatic heterocycles. The van der Waals surface area contributed by atoms with Crippen LogP contribution < -0.4 is 20.7 Å². The van der Waals surface area contributed by atoms with Crippen LogP contribution in [-0.2, 0) is 0 Å². The second-order valence-electron chi connectivity index (χ2n) is 15.8. The van der Waals surface area contributed by atoms with Crippen molar-refractivity contribution >= 4 is 84.5 Å². The van der Waals surface area contributed by atoms with Crippen molar-refractivity contribution in [2.24, 2.45) is 0 Å². The summed E-state index contributed by atoms with van der Waals surface area (Å²) in [6, 6.07) is 74.9. The largest absolute Gasteiger partial charge is 0.276 e. The molecule has 0 amide bonds. The van der Waals surface area contributed by atoms with Crippen LogP contribution >= 0.6 is 0 Å². The van der Waals surface area contributed by atoms with Gasteiger partial charge in [-0.1, -0.05) is 164 Å². The molecule has 5 aromatic heterocycles. The Morgan fingerprint density at radius 1 is 0.286 bits per heavy atom. The van der Waals surface area contributed by atoms with E-state index in [1.165, 1.54) is 20.7 Å². The van der Waals surface area contributed by atoms with E-state index in [2.05, 4.69) is 182 Å². The summed E-state index contributed by atoms with van der Waals surface area (Å²) in [4.78, 5) is 26.4. The van der Waals surface area contributed by atoms with Gasteiger partial charge in [0.05, 0.1) is 44.1 Å². The molecule has 0 radical (unpaired) electrons. The zero-order valence-electron chi connectivity index (χ0n) is 33.7. The van der Waals surface area contributed by atoms with E-state index in [4.69, 9.17) is 24.9 Å². The van der Waals surface area contributed by atoms with Gasteiger partial charge >= 0.3 is 0 Å². The SMILES string of the molecule is c1ccc([Si](c2ccccc2)(c2ccccc2)c2ccc(-c3nc(-n4c5ccccc5n5c6ccccc6nc45)nc(-n4c5ccccc5n5c6ccccc6nc45)n3)cc2)cc1. The van der Waals surface area contributed by atoms with E-state index in [0.29, 0.717) is 29.3 Å². The molecule has 0 bridgehead atoms. The van der Waals surface area contributed by atoms with Crippen molar-refractivity contribution in [3.63, 3.8) is 0 Å². The Morgan fingerprint density at radius 2 is 0.635 bits per heavy atom. The Labute approximate surface area is 361 Å². The number of aromatic nitrogens is 9. The third-order valence-corrected chi connectivity index (χ3v) is 17.2. The molecule has 63 heavy (non-hydrogen) atoms. The maximum atomic E-state index is 5.36. The van der Waals surface area contributed by atoms with Gasteiger partial charge in [-0.25, -0.2) is 19.1 Å². The minimum Gasteiger partial charge on any atom is -0.276 e. The lowest BCUT2D eigenvalue weighted by molar-refractivity contribution is 0.877. The van der Waals surface area contributed by atoms with Gasteiger partial charge in [0.25, 0.3) is 0 Å². The first kappa shape index (κ1) is 35.3. The Morgan fingerprint density at radius 3 is 1.06 bits per heavy atom. The maximum absolute atomic E-state index is 5.36. The van der Waals surface area contributed by atoms with Gasteiger partial charge in [-0.3, -0.25) is 8.80 Å². The van der Waals surface area contributed by atoms with E-state index >= 15 is 0 Å². The third kappa shape index (κ3) is 5.19. The van der Waals surface area contributed by atoms with Crippen molar-refractivity contribution in [1.82, 2.24) is 42.9 Å². The number of fused-ring (bicyclic) bond motifs is 10. The predicted molar refractivity (Wildman–Crippen MR) is 255 cm³/mol. The van der Waals surface area contributed by atoms with Crippen LogP contribution in [0, 0.1) is 0 Å². The van der Waals surface area contributed by atoms with E-state index in [1.54, 1.807) is 0 Å². The first-order chi connectivity index (χ1) is 31.3. The summed E-state index contributed by atoms with van der Waals surface area (Å²) in [6.45, 7) is 0. The molecule has 0 unspecified atom stereocenters. The van der Waals surface area contributed by atoms with Crippen molar-refractivity contribution in [2.45, 2.75) is 0 Å². The lowest BCUT2D eigenvalue weighted by Gasteiger charge is -2.34. The number of hydrogen-bond donors (Lipinski definition) is 0. The zero-order chi connectivity index (χ0) is 41.5. The summed E-state index contributed by atoms with van der Waals surface area (Å²) >= 11 is 0. The lowest BCUT2D eigenvalue weighted by atomic mass is 10.2. The number of benzene rings is 8. The second kappa shape index (κ2) is 13.8. The third-order valence-electron chi connectivity index (χ3n) is 12.4. The normalized spacial score (nSPS) is 12.1. The molecule has 0 aliphatic carbocycles. The van der Waals surface area contributed by atoms with E-state index in [1.807, 2.05) is 48.5 Å². The molecule has 0 N–H and O–H groups in total. The standard InChI is InChI=1S/C53H35N9Si/c1-4-18-37(19-5-1)63(38-20-6-2-7-21-38,39-22-8-3-9-23-39)40-34-32-36(33-35-40)49-56-50(61-47-30-16-14-28-45(47)59-43-26-12-10-24-41(43)54-52(59)61)58-51(57-49)62-48-31-17-15-29-46(48)60-44-27-13-11-25-42(44)55-53(60)62/h1-35H. The van der Waals surface area contributed by atoms with E-state index in [9.17, 15) is 0 Å². The summed E-state index contributed by atoms with van der Waals surface area (Å²) in [7, 11) is -2.77. The lowest BCUT2D eigenvalue weighted by Crippen LogP contribution is -2.74. The molecule has 0 saturated heterocycles. The predicted octanol–water partition coefficient (Wildman–Crippen LogP) is 8.41. The molecule has 0 atom stereocenters. The van der Waals surface area contributed by atoms with E-state index in [-0.39, 0.29) is 0 Å². The van der Waals surface area contributed by atoms with Gasteiger partial charge in [0.1, 0.15) is 0 Å².